The molecular formula is C23H47NO9. The van der Waals surface area contributed by atoms with Crippen LogP contribution in [0.5, 0.6) is 0 Å². The van der Waals surface area contributed by atoms with E-state index in [1.165, 1.54) is 0 Å². The lowest BCUT2D eigenvalue weighted by Gasteiger charge is -2.08. The van der Waals surface area contributed by atoms with Crippen molar-refractivity contribution >= 4 is 5.97 Å². The van der Waals surface area contributed by atoms with Crippen molar-refractivity contribution in [2.45, 2.75) is 32.6 Å². The fraction of sp³-hybridized carbons (Fsp3) is 0.957. The van der Waals surface area contributed by atoms with E-state index in [1.807, 2.05) is 7.05 Å². The highest BCUT2D eigenvalue weighted by Gasteiger charge is 2.01. The van der Waals surface area contributed by atoms with Crippen LogP contribution in [0.3, 0.4) is 0 Å². The molecule has 0 radical (unpaired) electrons. The van der Waals surface area contributed by atoms with Crippen molar-refractivity contribution in [1.82, 2.24) is 5.32 Å². The van der Waals surface area contributed by atoms with E-state index in [4.69, 9.17) is 37.9 Å². The maximum atomic E-state index is 11.4. The molecule has 0 spiro atoms. The minimum Gasteiger partial charge on any atom is -0.463 e. The number of carbonyl (C=O) groups excluding carboxylic acids is 1. The molecular weight excluding hydrogens is 434 g/mol. The zero-order valence-corrected chi connectivity index (χ0v) is 20.8. The van der Waals surface area contributed by atoms with Crippen LogP contribution < -0.4 is 5.32 Å². The highest BCUT2D eigenvalue weighted by molar-refractivity contribution is 5.69. The summed E-state index contributed by atoms with van der Waals surface area (Å²) < 4.78 is 42.9. The topological polar surface area (TPSA) is 103 Å². The molecule has 0 saturated carbocycles. The van der Waals surface area contributed by atoms with Gasteiger partial charge in [0.05, 0.1) is 92.5 Å². The summed E-state index contributed by atoms with van der Waals surface area (Å²) >= 11 is 0. The minimum absolute atomic E-state index is 0.153. The van der Waals surface area contributed by atoms with E-state index >= 15 is 0 Å². The summed E-state index contributed by atoms with van der Waals surface area (Å²) in [6.45, 7) is 10.6. The number of nitrogens with one attached hydrogen (secondary N) is 1. The van der Waals surface area contributed by atoms with Gasteiger partial charge in [-0.2, -0.15) is 0 Å². The Morgan fingerprint density at radius 2 is 0.909 bits per heavy atom. The van der Waals surface area contributed by atoms with Crippen molar-refractivity contribution in [3.05, 3.63) is 0 Å². The Morgan fingerprint density at radius 1 is 0.545 bits per heavy atom. The molecule has 0 aromatic heterocycles. The lowest BCUT2D eigenvalue weighted by molar-refractivity contribution is -0.145. The van der Waals surface area contributed by atoms with Crippen LogP contribution in [0, 0.1) is 0 Å². The van der Waals surface area contributed by atoms with Crippen molar-refractivity contribution in [2.75, 3.05) is 113 Å². The van der Waals surface area contributed by atoms with E-state index in [0.717, 1.165) is 25.8 Å². The fourth-order valence-corrected chi connectivity index (χ4v) is 2.40. The first-order valence-corrected chi connectivity index (χ1v) is 12.2. The molecule has 0 aliphatic heterocycles. The lowest BCUT2D eigenvalue weighted by Crippen LogP contribution is -2.17. The predicted molar refractivity (Wildman–Crippen MR) is 125 cm³/mol. The summed E-state index contributed by atoms with van der Waals surface area (Å²) in [4.78, 5) is 11.4. The zero-order chi connectivity index (χ0) is 24.1. The first-order valence-electron chi connectivity index (χ1n) is 12.2. The zero-order valence-electron chi connectivity index (χ0n) is 20.8. The molecule has 0 aliphatic rings. The van der Waals surface area contributed by atoms with Crippen LogP contribution in [0.25, 0.3) is 0 Å². The standard InChI is InChI=1S/C23H47NO9/c1-3-4-5-6-23(25)33-22-21-32-20-19-31-18-17-30-16-15-29-14-13-28-12-11-27-10-9-26-8-7-24-2/h24H,3-22H2,1-2H3. The van der Waals surface area contributed by atoms with Crippen LogP contribution in [0.15, 0.2) is 0 Å². The molecule has 0 aromatic rings. The third-order valence-electron chi connectivity index (χ3n) is 4.20. The van der Waals surface area contributed by atoms with Crippen LogP contribution in [-0.4, -0.2) is 119 Å². The second kappa shape index (κ2) is 29.2. The Morgan fingerprint density at radius 3 is 1.27 bits per heavy atom. The highest BCUT2D eigenvalue weighted by atomic mass is 16.6. The fourth-order valence-electron chi connectivity index (χ4n) is 2.40. The van der Waals surface area contributed by atoms with Crippen LogP contribution >= 0.6 is 0 Å². The average Bonchev–Trinajstić information content (AvgIpc) is 2.82. The molecule has 0 heterocycles. The van der Waals surface area contributed by atoms with Crippen LogP contribution in [0.2, 0.25) is 0 Å². The minimum atomic E-state index is -0.153. The third-order valence-corrected chi connectivity index (χ3v) is 4.20. The van der Waals surface area contributed by atoms with E-state index in [1.54, 1.807) is 0 Å². The Labute approximate surface area is 199 Å². The van der Waals surface area contributed by atoms with Gasteiger partial charge >= 0.3 is 5.97 Å². The van der Waals surface area contributed by atoms with E-state index in [-0.39, 0.29) is 5.97 Å². The molecule has 198 valence electrons. The summed E-state index contributed by atoms with van der Waals surface area (Å²) in [5.41, 5.74) is 0. The van der Waals surface area contributed by atoms with Gasteiger partial charge in [-0.15, -0.1) is 0 Å². The van der Waals surface area contributed by atoms with Gasteiger partial charge in [-0.1, -0.05) is 19.8 Å². The third kappa shape index (κ3) is 29.1. The van der Waals surface area contributed by atoms with Crippen molar-refractivity contribution in [1.29, 1.82) is 0 Å². The van der Waals surface area contributed by atoms with E-state index in [9.17, 15) is 4.79 Å². The van der Waals surface area contributed by atoms with Gasteiger partial charge in [-0.05, 0) is 13.5 Å². The number of esters is 1. The Hall–Kier alpha value is -0.850. The SMILES string of the molecule is CCCCCC(=O)OCCOCCOCCOCCOCCOCCOCCOCCNC. The Bertz CT molecular complexity index is 389. The number of hydrogen-bond acceptors (Lipinski definition) is 10. The molecule has 0 fully saturated rings. The normalized spacial score (nSPS) is 11.2. The Balaban J connectivity index is 3.06. The molecule has 1 N–H and O–H groups in total. The number of likely N-dealkylation sites (N-methyl/N-ethyl adjacent to an activating group) is 1. The van der Waals surface area contributed by atoms with Crippen molar-refractivity contribution in [2.24, 2.45) is 0 Å². The van der Waals surface area contributed by atoms with E-state index < -0.39 is 0 Å². The molecule has 33 heavy (non-hydrogen) atoms. The second-order valence-corrected chi connectivity index (χ2v) is 7.07. The monoisotopic (exact) mass is 481 g/mol. The number of carbonyl (C=O) groups is 1. The van der Waals surface area contributed by atoms with Crippen molar-refractivity contribution in [3.63, 3.8) is 0 Å². The number of hydrogen-bond donors (Lipinski definition) is 1. The average molecular weight is 482 g/mol. The smallest absolute Gasteiger partial charge is 0.305 e. The first-order chi connectivity index (χ1) is 16.3. The number of unbranched alkanes of at least 4 members (excludes halogenated alkanes) is 2. The summed E-state index contributed by atoms with van der Waals surface area (Å²) in [5, 5.41) is 3.01. The number of ether oxygens (including phenoxy) is 8. The Kier molecular flexibility index (Phi) is 28.4. The molecule has 0 saturated heterocycles. The highest BCUT2D eigenvalue weighted by Crippen LogP contribution is 2.00. The van der Waals surface area contributed by atoms with E-state index in [0.29, 0.717) is 106 Å². The van der Waals surface area contributed by atoms with Gasteiger partial charge in [0, 0.05) is 13.0 Å². The molecule has 0 aliphatic carbocycles. The maximum Gasteiger partial charge on any atom is 0.305 e. The van der Waals surface area contributed by atoms with Gasteiger partial charge in [-0.25, -0.2) is 0 Å². The molecule has 0 rings (SSSR count). The summed E-state index contributed by atoms with van der Waals surface area (Å²) in [6.07, 6.45) is 3.52. The predicted octanol–water partition coefficient (Wildman–Crippen LogP) is 1.45. The molecule has 0 aromatic carbocycles. The molecule has 10 nitrogen and oxygen atoms in total. The summed E-state index contributed by atoms with van der Waals surface area (Å²) in [5.74, 6) is -0.153. The van der Waals surface area contributed by atoms with Gasteiger partial charge in [-0.3, -0.25) is 4.79 Å². The van der Waals surface area contributed by atoms with Crippen LogP contribution in [-0.2, 0) is 42.7 Å². The van der Waals surface area contributed by atoms with Gasteiger partial charge in [0.1, 0.15) is 6.61 Å². The van der Waals surface area contributed by atoms with Crippen molar-refractivity contribution in [3.8, 4) is 0 Å². The first kappa shape index (κ1) is 32.1. The molecule has 0 amide bonds. The lowest BCUT2D eigenvalue weighted by atomic mass is 10.2. The molecule has 0 bridgehead atoms. The van der Waals surface area contributed by atoms with Gasteiger partial charge in [0.25, 0.3) is 0 Å². The number of rotatable bonds is 28. The van der Waals surface area contributed by atoms with Crippen LogP contribution in [0.4, 0.5) is 0 Å². The summed E-state index contributed by atoms with van der Waals surface area (Å²) in [6, 6.07) is 0. The van der Waals surface area contributed by atoms with Gasteiger partial charge < -0.3 is 43.2 Å². The van der Waals surface area contributed by atoms with Crippen molar-refractivity contribution < 1.29 is 42.7 Å². The molecule has 0 atom stereocenters. The van der Waals surface area contributed by atoms with Gasteiger partial charge in [0.2, 0.25) is 0 Å². The van der Waals surface area contributed by atoms with Gasteiger partial charge in [0.15, 0.2) is 0 Å². The quantitative estimate of drug-likeness (QED) is 0.130. The second-order valence-electron chi connectivity index (χ2n) is 7.07. The maximum absolute atomic E-state index is 11.4. The van der Waals surface area contributed by atoms with E-state index in [2.05, 4.69) is 12.2 Å². The summed E-state index contributed by atoms with van der Waals surface area (Å²) in [7, 11) is 1.89. The molecule has 0 unspecified atom stereocenters. The largest absolute Gasteiger partial charge is 0.463 e. The van der Waals surface area contributed by atoms with Crippen LogP contribution in [0.1, 0.15) is 32.6 Å². The molecule has 10 heteroatoms.